The molecule has 90 valence electrons. The smallest absolute Gasteiger partial charge is 0.387 e. The molecule has 1 heterocycles. The molecule has 1 aromatic heterocycles. The first-order valence-corrected chi connectivity index (χ1v) is 5.17. The molecule has 0 saturated heterocycles. The van der Waals surface area contributed by atoms with E-state index < -0.39 is 6.61 Å². The number of benzene rings is 1. The average molecular weight is 238 g/mol. The SMILES string of the molecule is Cc1nccn1Cc1ccccc1OC(F)F. The van der Waals surface area contributed by atoms with Gasteiger partial charge in [-0.1, -0.05) is 18.2 Å². The third-order valence-electron chi connectivity index (χ3n) is 2.45. The Labute approximate surface area is 97.7 Å². The van der Waals surface area contributed by atoms with Crippen molar-refractivity contribution < 1.29 is 13.5 Å². The van der Waals surface area contributed by atoms with Gasteiger partial charge in [-0.3, -0.25) is 0 Å². The molecule has 0 N–H and O–H groups in total. The van der Waals surface area contributed by atoms with Gasteiger partial charge in [-0.15, -0.1) is 0 Å². The second-order valence-electron chi connectivity index (χ2n) is 3.59. The van der Waals surface area contributed by atoms with Crippen LogP contribution in [0.15, 0.2) is 36.7 Å². The molecule has 0 aliphatic rings. The number of alkyl halides is 2. The van der Waals surface area contributed by atoms with E-state index >= 15 is 0 Å². The molecule has 3 nitrogen and oxygen atoms in total. The van der Waals surface area contributed by atoms with Gasteiger partial charge in [0.25, 0.3) is 0 Å². The van der Waals surface area contributed by atoms with Crippen molar-refractivity contribution in [2.45, 2.75) is 20.1 Å². The molecule has 5 heteroatoms. The van der Waals surface area contributed by atoms with Gasteiger partial charge in [-0.25, -0.2) is 4.98 Å². The van der Waals surface area contributed by atoms with Crippen molar-refractivity contribution in [2.75, 3.05) is 0 Å². The average Bonchev–Trinajstić information content (AvgIpc) is 2.67. The molecule has 0 spiro atoms. The number of hydrogen-bond donors (Lipinski definition) is 0. The van der Waals surface area contributed by atoms with Gasteiger partial charge in [-0.05, 0) is 13.0 Å². The molecule has 17 heavy (non-hydrogen) atoms. The van der Waals surface area contributed by atoms with Gasteiger partial charge in [0.15, 0.2) is 0 Å². The van der Waals surface area contributed by atoms with E-state index in [2.05, 4.69) is 9.72 Å². The van der Waals surface area contributed by atoms with Crippen molar-refractivity contribution in [2.24, 2.45) is 0 Å². The van der Waals surface area contributed by atoms with Crippen LogP contribution in [0, 0.1) is 6.92 Å². The molecule has 0 fully saturated rings. The van der Waals surface area contributed by atoms with Crippen LogP contribution in [-0.4, -0.2) is 16.2 Å². The van der Waals surface area contributed by atoms with E-state index in [1.165, 1.54) is 6.07 Å². The van der Waals surface area contributed by atoms with Crippen molar-refractivity contribution in [3.63, 3.8) is 0 Å². The predicted octanol–water partition coefficient (Wildman–Crippen LogP) is 2.84. The van der Waals surface area contributed by atoms with E-state index in [-0.39, 0.29) is 5.75 Å². The van der Waals surface area contributed by atoms with Crippen LogP contribution in [-0.2, 0) is 6.54 Å². The fourth-order valence-corrected chi connectivity index (χ4v) is 1.60. The maximum atomic E-state index is 12.2. The van der Waals surface area contributed by atoms with Crippen LogP contribution < -0.4 is 4.74 Å². The number of ether oxygens (including phenoxy) is 1. The van der Waals surface area contributed by atoms with Gasteiger partial charge in [-0.2, -0.15) is 8.78 Å². The second kappa shape index (κ2) is 4.95. The normalized spacial score (nSPS) is 10.8. The van der Waals surface area contributed by atoms with E-state index in [1.807, 2.05) is 11.5 Å². The lowest BCUT2D eigenvalue weighted by Gasteiger charge is -2.11. The summed E-state index contributed by atoms with van der Waals surface area (Å²) in [4.78, 5) is 4.08. The monoisotopic (exact) mass is 238 g/mol. The van der Waals surface area contributed by atoms with Gasteiger partial charge < -0.3 is 9.30 Å². The molecule has 0 amide bonds. The highest BCUT2D eigenvalue weighted by atomic mass is 19.3. The molecule has 0 atom stereocenters. The summed E-state index contributed by atoms with van der Waals surface area (Å²) in [6.07, 6.45) is 3.47. The lowest BCUT2D eigenvalue weighted by Crippen LogP contribution is -2.07. The Balaban J connectivity index is 2.23. The van der Waals surface area contributed by atoms with Crippen molar-refractivity contribution in [3.05, 3.63) is 48.0 Å². The summed E-state index contributed by atoms with van der Waals surface area (Å²) in [6.45, 7) is -0.481. The first kappa shape index (κ1) is 11.6. The Morgan fingerprint density at radius 2 is 2.12 bits per heavy atom. The number of halogens is 2. The van der Waals surface area contributed by atoms with E-state index in [9.17, 15) is 8.78 Å². The number of rotatable bonds is 4. The van der Waals surface area contributed by atoms with Crippen LogP contribution in [0.4, 0.5) is 8.78 Å². The summed E-state index contributed by atoms with van der Waals surface area (Å²) in [6, 6.07) is 6.76. The Morgan fingerprint density at radius 3 is 2.76 bits per heavy atom. The fourth-order valence-electron chi connectivity index (χ4n) is 1.60. The molecule has 2 rings (SSSR count). The molecule has 1 aromatic carbocycles. The molecule has 0 aliphatic carbocycles. The summed E-state index contributed by atoms with van der Waals surface area (Å²) in [5, 5.41) is 0. The molecule has 0 bridgehead atoms. The predicted molar refractivity (Wildman–Crippen MR) is 59.1 cm³/mol. The van der Waals surface area contributed by atoms with Crippen LogP contribution in [0.1, 0.15) is 11.4 Å². The highest BCUT2D eigenvalue weighted by Crippen LogP contribution is 2.21. The van der Waals surface area contributed by atoms with Crippen molar-refractivity contribution >= 4 is 0 Å². The van der Waals surface area contributed by atoms with Gasteiger partial charge in [0, 0.05) is 18.0 Å². The summed E-state index contributed by atoms with van der Waals surface area (Å²) in [5.41, 5.74) is 0.703. The molecule has 0 unspecified atom stereocenters. The molecular weight excluding hydrogens is 226 g/mol. The zero-order chi connectivity index (χ0) is 12.3. The Hall–Kier alpha value is -1.91. The van der Waals surface area contributed by atoms with Crippen LogP contribution in [0.2, 0.25) is 0 Å². The molecule has 2 aromatic rings. The third-order valence-corrected chi connectivity index (χ3v) is 2.45. The fraction of sp³-hybridized carbons (Fsp3) is 0.250. The standard InChI is InChI=1S/C12H12F2N2O/c1-9-15-6-7-16(9)8-10-4-2-3-5-11(10)17-12(13)14/h2-7,12H,8H2,1H3. The van der Waals surface area contributed by atoms with E-state index in [1.54, 1.807) is 30.6 Å². The number of aromatic nitrogens is 2. The highest BCUT2D eigenvalue weighted by molar-refractivity contribution is 5.33. The van der Waals surface area contributed by atoms with Gasteiger partial charge >= 0.3 is 6.61 Å². The minimum Gasteiger partial charge on any atom is -0.434 e. The van der Waals surface area contributed by atoms with Crippen molar-refractivity contribution in [1.82, 2.24) is 9.55 Å². The lowest BCUT2D eigenvalue weighted by molar-refractivity contribution is -0.0504. The highest BCUT2D eigenvalue weighted by Gasteiger charge is 2.09. The van der Waals surface area contributed by atoms with Gasteiger partial charge in [0.1, 0.15) is 11.6 Å². The number of aryl methyl sites for hydroxylation is 1. The topological polar surface area (TPSA) is 27.1 Å². The van der Waals surface area contributed by atoms with E-state index in [0.717, 1.165) is 5.82 Å². The number of imidazole rings is 1. The van der Waals surface area contributed by atoms with E-state index in [0.29, 0.717) is 12.1 Å². The number of para-hydroxylation sites is 1. The number of hydrogen-bond acceptors (Lipinski definition) is 2. The van der Waals surface area contributed by atoms with Crippen LogP contribution in [0.3, 0.4) is 0 Å². The zero-order valence-corrected chi connectivity index (χ0v) is 9.31. The van der Waals surface area contributed by atoms with Crippen molar-refractivity contribution in [1.29, 1.82) is 0 Å². The van der Waals surface area contributed by atoms with Crippen LogP contribution in [0.5, 0.6) is 5.75 Å². The minimum absolute atomic E-state index is 0.204. The van der Waals surface area contributed by atoms with Crippen LogP contribution >= 0.6 is 0 Å². The van der Waals surface area contributed by atoms with Gasteiger partial charge in [0.2, 0.25) is 0 Å². The Morgan fingerprint density at radius 1 is 1.35 bits per heavy atom. The first-order chi connectivity index (χ1) is 8.16. The van der Waals surface area contributed by atoms with E-state index in [4.69, 9.17) is 0 Å². The molecule has 0 saturated carbocycles. The largest absolute Gasteiger partial charge is 0.434 e. The minimum atomic E-state index is -2.81. The maximum Gasteiger partial charge on any atom is 0.387 e. The summed E-state index contributed by atoms with van der Waals surface area (Å²) in [5.74, 6) is 1.03. The Bertz CT molecular complexity index is 497. The third kappa shape index (κ3) is 2.81. The lowest BCUT2D eigenvalue weighted by atomic mass is 10.2. The van der Waals surface area contributed by atoms with Crippen molar-refractivity contribution in [3.8, 4) is 5.75 Å². The molecular formula is C12H12F2N2O. The first-order valence-electron chi connectivity index (χ1n) is 5.17. The quantitative estimate of drug-likeness (QED) is 0.819. The maximum absolute atomic E-state index is 12.2. The molecule has 0 aliphatic heterocycles. The number of nitrogens with zero attached hydrogens (tertiary/aromatic N) is 2. The summed E-state index contributed by atoms with van der Waals surface area (Å²) < 4.78 is 30.8. The van der Waals surface area contributed by atoms with Gasteiger partial charge in [0.05, 0.1) is 6.54 Å². The second-order valence-corrected chi connectivity index (χ2v) is 3.59. The van der Waals surface area contributed by atoms with Crippen LogP contribution in [0.25, 0.3) is 0 Å². The summed E-state index contributed by atoms with van der Waals surface area (Å²) >= 11 is 0. The zero-order valence-electron chi connectivity index (χ0n) is 9.31. The summed E-state index contributed by atoms with van der Waals surface area (Å²) in [7, 11) is 0. The molecule has 0 radical (unpaired) electrons. The Kier molecular flexibility index (Phi) is 3.37.